The fourth-order valence-corrected chi connectivity index (χ4v) is 4.56. The van der Waals surface area contributed by atoms with Crippen LogP contribution in [0.15, 0.2) is 56.2 Å². The van der Waals surface area contributed by atoms with Crippen LogP contribution in [0.1, 0.15) is 10.4 Å². The Labute approximate surface area is 144 Å². The third-order valence-corrected chi connectivity index (χ3v) is 5.99. The molecule has 0 aliphatic carbocycles. The average molecular weight is 396 g/mol. The molecule has 0 amide bonds. The number of thioether (sulfide) groups is 1. The van der Waals surface area contributed by atoms with Crippen molar-refractivity contribution in [2.45, 2.75) is 23.9 Å². The molecule has 0 spiro atoms. The minimum absolute atomic E-state index is 0.147. The van der Waals surface area contributed by atoms with E-state index in [1.165, 1.54) is 10.4 Å². The van der Waals surface area contributed by atoms with E-state index in [2.05, 4.69) is 44.3 Å². The zero-order chi connectivity index (χ0) is 15.4. The lowest BCUT2D eigenvalue weighted by atomic mass is 10.1. The predicted octanol–water partition coefficient (Wildman–Crippen LogP) is 3.93. The summed E-state index contributed by atoms with van der Waals surface area (Å²) in [5.74, 6) is 0.811. The van der Waals surface area contributed by atoms with Gasteiger partial charge in [-0.25, -0.2) is 9.89 Å². The average Bonchev–Trinajstić information content (AvgIpc) is 3.10. The van der Waals surface area contributed by atoms with Crippen molar-refractivity contribution in [2.24, 2.45) is 0 Å². The third-order valence-electron chi connectivity index (χ3n) is 3.16. The van der Waals surface area contributed by atoms with Crippen LogP contribution in [0.25, 0.3) is 0 Å². The van der Waals surface area contributed by atoms with Gasteiger partial charge < -0.3 is 0 Å². The monoisotopic (exact) mass is 395 g/mol. The Morgan fingerprint density at radius 3 is 2.77 bits per heavy atom. The highest BCUT2D eigenvalue weighted by Crippen LogP contribution is 2.28. The molecule has 2 aromatic heterocycles. The molecule has 0 aliphatic rings. The van der Waals surface area contributed by atoms with Gasteiger partial charge >= 0.3 is 5.69 Å². The van der Waals surface area contributed by atoms with E-state index in [1.54, 1.807) is 27.7 Å². The Morgan fingerprint density at radius 1 is 1.23 bits per heavy atom. The normalized spacial score (nSPS) is 11.0. The van der Waals surface area contributed by atoms with Crippen LogP contribution in [-0.2, 0) is 18.7 Å². The van der Waals surface area contributed by atoms with Gasteiger partial charge in [0.25, 0.3) is 0 Å². The molecule has 1 aromatic carbocycles. The molecule has 0 radical (unpaired) electrons. The maximum absolute atomic E-state index is 11.9. The Bertz CT molecular complexity index is 794. The molecule has 0 bridgehead atoms. The minimum Gasteiger partial charge on any atom is -0.270 e. The molecule has 3 aromatic rings. The number of H-pyrrole nitrogens is 1. The summed E-state index contributed by atoms with van der Waals surface area (Å²) in [5, 5.41) is 7.42. The Hall–Kier alpha value is -1.31. The second-order valence-electron chi connectivity index (χ2n) is 4.69. The maximum Gasteiger partial charge on any atom is 0.343 e. The van der Waals surface area contributed by atoms with Crippen molar-refractivity contribution in [3.63, 3.8) is 0 Å². The molecular formula is C15H14BrN3OS2. The molecule has 3 rings (SSSR count). The molecule has 0 aliphatic heterocycles. The highest BCUT2D eigenvalue weighted by molar-refractivity contribution is 9.11. The molecule has 1 N–H and O–H groups in total. The van der Waals surface area contributed by atoms with E-state index >= 15 is 0 Å². The van der Waals surface area contributed by atoms with Crippen LogP contribution in [-0.4, -0.2) is 14.8 Å². The third kappa shape index (κ3) is 3.91. The lowest BCUT2D eigenvalue weighted by molar-refractivity contribution is 0.616. The number of halogens is 1. The van der Waals surface area contributed by atoms with Crippen LogP contribution >= 0.6 is 39.0 Å². The lowest BCUT2D eigenvalue weighted by Crippen LogP contribution is -2.18. The van der Waals surface area contributed by atoms with E-state index in [1.807, 2.05) is 24.3 Å². The van der Waals surface area contributed by atoms with Gasteiger partial charge in [0.1, 0.15) is 0 Å². The van der Waals surface area contributed by atoms with Gasteiger partial charge in [-0.1, -0.05) is 42.1 Å². The van der Waals surface area contributed by atoms with E-state index in [-0.39, 0.29) is 5.69 Å². The van der Waals surface area contributed by atoms with Gasteiger partial charge in [0.15, 0.2) is 5.16 Å². The zero-order valence-electron chi connectivity index (χ0n) is 11.7. The summed E-state index contributed by atoms with van der Waals surface area (Å²) in [6.07, 6.45) is 0.818. The molecule has 7 heteroatoms. The number of aromatic amines is 1. The predicted molar refractivity (Wildman–Crippen MR) is 94.6 cm³/mol. The van der Waals surface area contributed by atoms with Crippen molar-refractivity contribution in [1.29, 1.82) is 0 Å². The first-order valence-corrected chi connectivity index (χ1v) is 9.38. The molecule has 22 heavy (non-hydrogen) atoms. The fourth-order valence-electron chi connectivity index (χ4n) is 2.06. The molecule has 0 fully saturated rings. The smallest absolute Gasteiger partial charge is 0.270 e. The van der Waals surface area contributed by atoms with E-state index in [0.29, 0.717) is 6.54 Å². The Balaban J connectivity index is 1.66. The van der Waals surface area contributed by atoms with Gasteiger partial charge in [0.2, 0.25) is 0 Å². The van der Waals surface area contributed by atoms with E-state index < -0.39 is 0 Å². The topological polar surface area (TPSA) is 50.7 Å². The van der Waals surface area contributed by atoms with Crippen molar-refractivity contribution in [1.82, 2.24) is 14.8 Å². The van der Waals surface area contributed by atoms with Gasteiger partial charge in [0, 0.05) is 17.2 Å². The van der Waals surface area contributed by atoms with Crippen LogP contribution < -0.4 is 5.69 Å². The maximum atomic E-state index is 11.9. The number of rotatable bonds is 6. The number of aryl methyl sites for hydroxylation is 1. The van der Waals surface area contributed by atoms with Crippen molar-refractivity contribution in [2.75, 3.05) is 0 Å². The van der Waals surface area contributed by atoms with E-state index in [9.17, 15) is 4.79 Å². The first-order chi connectivity index (χ1) is 10.7. The second-order valence-corrected chi connectivity index (χ2v) is 8.18. The highest BCUT2D eigenvalue weighted by atomic mass is 79.9. The fraction of sp³-hybridized carbons (Fsp3) is 0.200. The minimum atomic E-state index is -0.147. The van der Waals surface area contributed by atoms with Crippen molar-refractivity contribution in [3.8, 4) is 0 Å². The lowest BCUT2D eigenvalue weighted by Gasteiger charge is -2.05. The highest BCUT2D eigenvalue weighted by Gasteiger charge is 2.10. The number of benzene rings is 1. The molecular weight excluding hydrogens is 382 g/mol. The molecule has 0 atom stereocenters. The van der Waals surface area contributed by atoms with Crippen LogP contribution in [0.2, 0.25) is 0 Å². The van der Waals surface area contributed by atoms with Gasteiger partial charge in [-0.05, 0) is 40.0 Å². The summed E-state index contributed by atoms with van der Waals surface area (Å²) in [6.45, 7) is 0.635. The van der Waals surface area contributed by atoms with Crippen molar-refractivity contribution >= 4 is 39.0 Å². The van der Waals surface area contributed by atoms with Crippen LogP contribution in [0, 0.1) is 0 Å². The molecule has 0 saturated heterocycles. The zero-order valence-corrected chi connectivity index (χ0v) is 14.9. The molecule has 2 heterocycles. The van der Waals surface area contributed by atoms with Crippen molar-refractivity contribution < 1.29 is 0 Å². The summed E-state index contributed by atoms with van der Waals surface area (Å²) >= 11 is 6.74. The van der Waals surface area contributed by atoms with Gasteiger partial charge in [-0.2, -0.15) is 0 Å². The number of nitrogens with one attached hydrogen (secondary N) is 1. The SMILES string of the molecule is O=c1[nH]nc(SCc2ccc(Br)s2)n1CCc1ccccc1. The largest absolute Gasteiger partial charge is 0.343 e. The summed E-state index contributed by atoms with van der Waals surface area (Å²) in [4.78, 5) is 13.2. The number of aromatic nitrogens is 3. The second kappa shape index (κ2) is 7.30. The quantitative estimate of drug-likeness (QED) is 0.643. The van der Waals surface area contributed by atoms with Crippen LogP contribution in [0.5, 0.6) is 0 Å². The van der Waals surface area contributed by atoms with Gasteiger partial charge in [-0.3, -0.25) is 4.57 Å². The first-order valence-electron chi connectivity index (χ1n) is 6.78. The van der Waals surface area contributed by atoms with Crippen LogP contribution in [0.4, 0.5) is 0 Å². The number of hydrogen-bond donors (Lipinski definition) is 1. The number of nitrogens with zero attached hydrogens (tertiary/aromatic N) is 2. The molecule has 0 unspecified atom stereocenters. The number of hydrogen-bond acceptors (Lipinski definition) is 4. The van der Waals surface area contributed by atoms with Gasteiger partial charge in [-0.15, -0.1) is 16.4 Å². The standard InChI is InChI=1S/C15H14BrN3OS2/c16-13-7-6-12(22-13)10-21-15-18-17-14(20)19(15)9-8-11-4-2-1-3-5-11/h1-7H,8-10H2,(H,17,20). The van der Waals surface area contributed by atoms with Crippen molar-refractivity contribution in [3.05, 3.63) is 67.2 Å². The van der Waals surface area contributed by atoms with Gasteiger partial charge in [0.05, 0.1) is 3.79 Å². The number of thiophene rings is 1. The Morgan fingerprint density at radius 2 is 2.05 bits per heavy atom. The summed E-state index contributed by atoms with van der Waals surface area (Å²) in [6, 6.07) is 14.3. The molecule has 4 nitrogen and oxygen atoms in total. The Kier molecular flexibility index (Phi) is 5.17. The molecule has 114 valence electrons. The van der Waals surface area contributed by atoms with E-state index in [0.717, 1.165) is 21.1 Å². The summed E-state index contributed by atoms with van der Waals surface area (Å²) in [7, 11) is 0. The summed E-state index contributed by atoms with van der Waals surface area (Å²) in [5.41, 5.74) is 1.07. The summed E-state index contributed by atoms with van der Waals surface area (Å²) < 4.78 is 2.83. The molecule has 0 saturated carbocycles. The van der Waals surface area contributed by atoms with Crippen LogP contribution in [0.3, 0.4) is 0 Å². The first kappa shape index (κ1) is 15.6. The van der Waals surface area contributed by atoms with E-state index in [4.69, 9.17) is 0 Å².